The lowest BCUT2D eigenvalue weighted by Crippen LogP contribution is -2.28. The molecular formula is C15H15Cl2N3O2S. The highest BCUT2D eigenvalue weighted by molar-refractivity contribution is 7.89. The minimum Gasteiger partial charge on any atom is -0.364 e. The van der Waals surface area contributed by atoms with Crippen LogP contribution in [0.4, 0.5) is 5.69 Å². The Hall–Kier alpha value is -1.34. The summed E-state index contributed by atoms with van der Waals surface area (Å²) in [5.41, 5.74) is 2.91. The van der Waals surface area contributed by atoms with Gasteiger partial charge in [0.1, 0.15) is 10.3 Å². The number of primary sulfonamides is 1. The zero-order valence-corrected chi connectivity index (χ0v) is 14.7. The number of anilines is 1. The average molecular weight is 372 g/mol. The van der Waals surface area contributed by atoms with Crippen LogP contribution in [0.15, 0.2) is 35.2 Å². The number of hydrogen-bond donors (Lipinski definition) is 1. The Labute approximate surface area is 145 Å². The number of benzene rings is 1. The van der Waals surface area contributed by atoms with Gasteiger partial charge in [0.05, 0.1) is 4.90 Å². The molecule has 0 spiro atoms. The summed E-state index contributed by atoms with van der Waals surface area (Å²) in [6.07, 6.45) is 0.755. The van der Waals surface area contributed by atoms with Crippen LogP contribution in [0.3, 0.4) is 0 Å². The SMILES string of the molecule is C[C@@H]1Cc2cc(S(N)(=O)=O)ccc2N1Cc1cc(Cl)nc(Cl)c1. The molecule has 1 atom stereocenters. The molecule has 3 rings (SSSR count). The summed E-state index contributed by atoms with van der Waals surface area (Å²) in [7, 11) is -3.69. The molecule has 0 saturated heterocycles. The standard InChI is InChI=1S/C15H15Cl2N3O2S/c1-9-4-11-7-12(23(18,21)22)2-3-13(11)20(9)8-10-5-14(16)19-15(17)6-10/h2-3,5-7,9H,4,8H2,1H3,(H2,18,21,22)/t9-/m1/s1. The Morgan fingerprint density at radius 3 is 2.52 bits per heavy atom. The molecule has 1 aliphatic rings. The number of fused-ring (bicyclic) bond motifs is 1. The van der Waals surface area contributed by atoms with Gasteiger partial charge in [0, 0.05) is 18.3 Å². The van der Waals surface area contributed by atoms with Crippen LogP contribution in [0.25, 0.3) is 0 Å². The van der Waals surface area contributed by atoms with E-state index in [2.05, 4.69) is 16.8 Å². The molecule has 1 aromatic heterocycles. The zero-order valence-electron chi connectivity index (χ0n) is 12.3. The molecule has 5 nitrogen and oxygen atoms in total. The Bertz CT molecular complexity index is 851. The molecule has 2 heterocycles. The van der Waals surface area contributed by atoms with Gasteiger partial charge < -0.3 is 4.90 Å². The second-order valence-corrected chi connectivity index (χ2v) is 7.97. The summed E-state index contributed by atoms with van der Waals surface area (Å²) >= 11 is 11.9. The van der Waals surface area contributed by atoms with E-state index in [1.54, 1.807) is 24.3 Å². The molecule has 23 heavy (non-hydrogen) atoms. The topological polar surface area (TPSA) is 76.3 Å². The minimum atomic E-state index is -3.69. The van der Waals surface area contributed by atoms with Gasteiger partial charge in [0.15, 0.2) is 0 Å². The van der Waals surface area contributed by atoms with E-state index in [0.717, 1.165) is 23.2 Å². The molecule has 2 aromatic rings. The highest BCUT2D eigenvalue weighted by Gasteiger charge is 2.27. The Balaban J connectivity index is 1.94. The van der Waals surface area contributed by atoms with Crippen LogP contribution in [0.1, 0.15) is 18.1 Å². The normalized spacial score (nSPS) is 17.4. The molecule has 122 valence electrons. The van der Waals surface area contributed by atoms with Crippen LogP contribution in [0.2, 0.25) is 10.3 Å². The van der Waals surface area contributed by atoms with Crippen LogP contribution < -0.4 is 10.0 Å². The highest BCUT2D eigenvalue weighted by atomic mass is 35.5. The van der Waals surface area contributed by atoms with Gasteiger partial charge in [-0.25, -0.2) is 18.5 Å². The maximum atomic E-state index is 11.5. The summed E-state index contributed by atoms with van der Waals surface area (Å²) in [6.45, 7) is 2.70. The lowest BCUT2D eigenvalue weighted by Gasteiger charge is -2.25. The molecule has 0 fully saturated rings. The molecule has 1 aliphatic heterocycles. The van der Waals surface area contributed by atoms with Gasteiger partial charge in [0.2, 0.25) is 10.0 Å². The van der Waals surface area contributed by atoms with Crippen molar-refractivity contribution < 1.29 is 8.42 Å². The number of rotatable bonds is 3. The van der Waals surface area contributed by atoms with E-state index in [1.807, 2.05) is 0 Å². The summed E-state index contributed by atoms with van der Waals surface area (Å²) in [5, 5.41) is 5.90. The monoisotopic (exact) mass is 371 g/mol. The predicted octanol–water partition coefficient (Wildman–Crippen LogP) is 2.99. The van der Waals surface area contributed by atoms with Gasteiger partial charge >= 0.3 is 0 Å². The largest absolute Gasteiger partial charge is 0.364 e. The van der Waals surface area contributed by atoms with Gasteiger partial charge in [-0.3, -0.25) is 0 Å². The first-order chi connectivity index (χ1) is 10.7. The Morgan fingerprint density at radius 2 is 1.91 bits per heavy atom. The van der Waals surface area contributed by atoms with Crippen molar-refractivity contribution in [3.8, 4) is 0 Å². The molecule has 8 heteroatoms. The quantitative estimate of drug-likeness (QED) is 0.841. The van der Waals surface area contributed by atoms with Crippen LogP contribution >= 0.6 is 23.2 Å². The molecular weight excluding hydrogens is 357 g/mol. The molecule has 0 amide bonds. The second-order valence-electron chi connectivity index (χ2n) is 5.64. The third-order valence-corrected chi connectivity index (χ3v) is 5.21. The molecule has 0 saturated carbocycles. The Morgan fingerprint density at radius 1 is 1.26 bits per heavy atom. The van der Waals surface area contributed by atoms with Crippen LogP contribution in [-0.4, -0.2) is 19.4 Å². The molecule has 0 radical (unpaired) electrons. The van der Waals surface area contributed by atoms with Crippen molar-refractivity contribution in [3.63, 3.8) is 0 Å². The Kier molecular flexibility index (Phi) is 4.27. The van der Waals surface area contributed by atoms with Crippen molar-refractivity contribution in [3.05, 3.63) is 51.8 Å². The third kappa shape index (κ3) is 3.45. The predicted molar refractivity (Wildman–Crippen MR) is 91.4 cm³/mol. The third-order valence-electron chi connectivity index (χ3n) is 3.91. The molecule has 0 aliphatic carbocycles. The number of nitrogens with two attached hydrogens (primary N) is 1. The van der Waals surface area contributed by atoms with Gasteiger partial charge in [-0.2, -0.15) is 0 Å². The fraction of sp³-hybridized carbons (Fsp3) is 0.267. The van der Waals surface area contributed by atoms with Crippen molar-refractivity contribution >= 4 is 38.9 Å². The summed E-state index contributed by atoms with van der Waals surface area (Å²) in [4.78, 5) is 6.27. The minimum absolute atomic E-state index is 0.139. The van der Waals surface area contributed by atoms with Gasteiger partial charge in [-0.15, -0.1) is 0 Å². The van der Waals surface area contributed by atoms with E-state index in [-0.39, 0.29) is 10.9 Å². The maximum Gasteiger partial charge on any atom is 0.238 e. The number of sulfonamides is 1. The summed E-state index contributed by atoms with van der Waals surface area (Å²) in [5.74, 6) is 0. The lowest BCUT2D eigenvalue weighted by atomic mass is 10.1. The first-order valence-corrected chi connectivity index (χ1v) is 9.28. The smallest absolute Gasteiger partial charge is 0.238 e. The average Bonchev–Trinajstić information content (AvgIpc) is 2.72. The van der Waals surface area contributed by atoms with Crippen LogP contribution in [-0.2, 0) is 23.0 Å². The van der Waals surface area contributed by atoms with Gasteiger partial charge in [-0.1, -0.05) is 23.2 Å². The van der Waals surface area contributed by atoms with Crippen LogP contribution in [0.5, 0.6) is 0 Å². The van der Waals surface area contributed by atoms with Crippen molar-refractivity contribution in [2.75, 3.05) is 4.90 Å². The fourth-order valence-corrected chi connectivity index (χ4v) is 3.96. The molecule has 1 aromatic carbocycles. The van der Waals surface area contributed by atoms with Crippen molar-refractivity contribution in [1.29, 1.82) is 0 Å². The van der Waals surface area contributed by atoms with Crippen LogP contribution in [0, 0.1) is 0 Å². The van der Waals surface area contributed by atoms with Crippen molar-refractivity contribution in [2.45, 2.75) is 30.8 Å². The van der Waals surface area contributed by atoms with E-state index in [9.17, 15) is 8.42 Å². The molecule has 0 unspecified atom stereocenters. The first kappa shape index (κ1) is 16.5. The number of halogens is 2. The van der Waals surface area contributed by atoms with E-state index < -0.39 is 10.0 Å². The number of hydrogen-bond acceptors (Lipinski definition) is 4. The maximum absolute atomic E-state index is 11.5. The molecule has 0 bridgehead atoms. The van der Waals surface area contributed by atoms with E-state index in [0.29, 0.717) is 16.9 Å². The van der Waals surface area contributed by atoms with E-state index >= 15 is 0 Å². The second kappa shape index (κ2) is 5.94. The highest BCUT2D eigenvalue weighted by Crippen LogP contribution is 2.35. The number of nitrogens with zero attached hydrogens (tertiary/aromatic N) is 2. The van der Waals surface area contributed by atoms with Crippen molar-refractivity contribution in [2.24, 2.45) is 5.14 Å². The van der Waals surface area contributed by atoms with Crippen molar-refractivity contribution in [1.82, 2.24) is 4.98 Å². The first-order valence-electron chi connectivity index (χ1n) is 6.98. The van der Waals surface area contributed by atoms with E-state index in [1.165, 1.54) is 6.07 Å². The zero-order chi connectivity index (χ0) is 16.8. The summed E-state index contributed by atoms with van der Waals surface area (Å²) < 4.78 is 23.0. The number of pyridine rings is 1. The van der Waals surface area contributed by atoms with Gasteiger partial charge in [-0.05, 0) is 54.8 Å². The lowest BCUT2D eigenvalue weighted by molar-refractivity contribution is 0.597. The fourth-order valence-electron chi connectivity index (χ4n) is 2.89. The summed E-state index contributed by atoms with van der Waals surface area (Å²) in [6, 6.07) is 8.75. The van der Waals surface area contributed by atoms with Gasteiger partial charge in [0.25, 0.3) is 0 Å². The molecule has 2 N–H and O–H groups in total. The number of aromatic nitrogens is 1. The van der Waals surface area contributed by atoms with E-state index in [4.69, 9.17) is 28.3 Å².